The van der Waals surface area contributed by atoms with Crippen LogP contribution >= 0.6 is 11.3 Å². The second-order valence-corrected chi connectivity index (χ2v) is 7.14. The van der Waals surface area contributed by atoms with Gasteiger partial charge in [0.2, 0.25) is 5.91 Å². The molecule has 2 heterocycles. The number of nitrogens with one attached hydrogen (secondary N) is 1. The fraction of sp³-hybridized carbons (Fsp3) is 0.250. The Morgan fingerprint density at radius 3 is 2.81 bits per heavy atom. The second kappa shape index (κ2) is 8.10. The van der Waals surface area contributed by atoms with Crippen molar-refractivity contribution >= 4 is 22.9 Å². The number of carbonyl (C=O) groups excluding carboxylic acids is 1. The van der Waals surface area contributed by atoms with Crippen molar-refractivity contribution < 1.29 is 9.53 Å². The zero-order valence-electron chi connectivity index (χ0n) is 15.1. The molecule has 0 bridgehead atoms. The molecular weight excluding hydrogens is 346 g/mol. The van der Waals surface area contributed by atoms with Crippen LogP contribution in [0.2, 0.25) is 0 Å². The van der Waals surface area contributed by atoms with E-state index in [1.165, 1.54) is 11.3 Å². The maximum absolute atomic E-state index is 12.3. The van der Waals surface area contributed by atoms with E-state index in [-0.39, 0.29) is 12.3 Å². The Bertz CT molecular complexity index is 904. The maximum Gasteiger partial charge on any atom is 0.230 e. The van der Waals surface area contributed by atoms with Gasteiger partial charge in [0.15, 0.2) is 0 Å². The summed E-state index contributed by atoms with van der Waals surface area (Å²) in [5.74, 6) is 0.638. The molecule has 0 saturated carbocycles. The number of hydrogen-bond acceptors (Lipinski definition) is 5. The van der Waals surface area contributed by atoms with Crippen LogP contribution in [-0.2, 0) is 17.8 Å². The van der Waals surface area contributed by atoms with Crippen molar-refractivity contribution in [1.82, 2.24) is 9.97 Å². The van der Waals surface area contributed by atoms with Gasteiger partial charge >= 0.3 is 0 Å². The minimum Gasteiger partial charge on any atom is -0.485 e. The minimum absolute atomic E-state index is 0.0702. The van der Waals surface area contributed by atoms with Crippen LogP contribution in [0.4, 0.5) is 5.69 Å². The zero-order valence-corrected chi connectivity index (χ0v) is 15.9. The topological polar surface area (TPSA) is 64.1 Å². The van der Waals surface area contributed by atoms with Crippen molar-refractivity contribution in [2.24, 2.45) is 0 Å². The molecule has 1 N–H and O–H groups in total. The molecule has 0 aliphatic heterocycles. The SMILES string of the molecule is Cc1ccc(C)c(NC(=O)Cc2csc(COc3ccc(C)nc3)n2)c1. The van der Waals surface area contributed by atoms with Crippen LogP contribution in [0.25, 0.3) is 0 Å². The third-order valence-electron chi connectivity index (χ3n) is 3.85. The van der Waals surface area contributed by atoms with Crippen molar-refractivity contribution in [2.75, 3.05) is 5.32 Å². The van der Waals surface area contributed by atoms with Crippen LogP contribution in [0.5, 0.6) is 5.75 Å². The maximum atomic E-state index is 12.3. The molecular formula is C20H21N3O2S. The molecule has 5 nitrogen and oxygen atoms in total. The molecule has 0 atom stereocenters. The molecule has 1 aromatic carbocycles. The lowest BCUT2D eigenvalue weighted by molar-refractivity contribution is -0.115. The van der Waals surface area contributed by atoms with Gasteiger partial charge in [0.1, 0.15) is 17.4 Å². The fourth-order valence-electron chi connectivity index (χ4n) is 2.41. The number of ether oxygens (including phenoxy) is 1. The number of amides is 1. The van der Waals surface area contributed by atoms with E-state index in [1.54, 1.807) is 6.20 Å². The van der Waals surface area contributed by atoms with Gasteiger partial charge in [0.25, 0.3) is 0 Å². The van der Waals surface area contributed by atoms with Gasteiger partial charge in [-0.25, -0.2) is 4.98 Å². The van der Waals surface area contributed by atoms with Crippen molar-refractivity contribution in [3.8, 4) is 5.75 Å². The number of nitrogens with zero attached hydrogens (tertiary/aromatic N) is 2. The number of rotatable bonds is 6. The van der Waals surface area contributed by atoms with Crippen molar-refractivity contribution in [3.63, 3.8) is 0 Å². The van der Waals surface area contributed by atoms with E-state index in [4.69, 9.17) is 4.74 Å². The predicted molar refractivity (Wildman–Crippen MR) is 104 cm³/mol. The van der Waals surface area contributed by atoms with E-state index >= 15 is 0 Å². The number of pyridine rings is 1. The smallest absolute Gasteiger partial charge is 0.230 e. The number of anilines is 1. The van der Waals surface area contributed by atoms with Gasteiger partial charge < -0.3 is 10.1 Å². The van der Waals surface area contributed by atoms with E-state index in [0.29, 0.717) is 12.4 Å². The number of aryl methyl sites for hydroxylation is 3. The normalized spacial score (nSPS) is 10.6. The Kier molecular flexibility index (Phi) is 5.63. The molecule has 1 amide bonds. The van der Waals surface area contributed by atoms with E-state index in [0.717, 1.165) is 33.2 Å². The van der Waals surface area contributed by atoms with Crippen LogP contribution in [0.3, 0.4) is 0 Å². The summed E-state index contributed by atoms with van der Waals surface area (Å²) in [6.45, 7) is 6.28. The monoisotopic (exact) mass is 367 g/mol. The fourth-order valence-corrected chi connectivity index (χ4v) is 3.12. The summed E-state index contributed by atoms with van der Waals surface area (Å²) >= 11 is 1.49. The summed E-state index contributed by atoms with van der Waals surface area (Å²) in [5, 5.41) is 5.69. The summed E-state index contributed by atoms with van der Waals surface area (Å²) in [6.07, 6.45) is 1.94. The van der Waals surface area contributed by atoms with Gasteiger partial charge in [-0.1, -0.05) is 12.1 Å². The molecule has 2 aromatic heterocycles. The summed E-state index contributed by atoms with van der Waals surface area (Å²) in [4.78, 5) is 21.0. The Morgan fingerprint density at radius 2 is 2.04 bits per heavy atom. The average Bonchev–Trinajstić information content (AvgIpc) is 3.05. The highest BCUT2D eigenvalue weighted by Crippen LogP contribution is 2.18. The molecule has 0 aliphatic carbocycles. The number of aromatic nitrogens is 2. The second-order valence-electron chi connectivity index (χ2n) is 6.20. The molecule has 6 heteroatoms. The van der Waals surface area contributed by atoms with Crippen LogP contribution in [-0.4, -0.2) is 15.9 Å². The van der Waals surface area contributed by atoms with Gasteiger partial charge in [0, 0.05) is 16.8 Å². The number of thiazole rings is 1. The van der Waals surface area contributed by atoms with Gasteiger partial charge in [-0.05, 0) is 50.1 Å². The predicted octanol–water partition coefficient (Wildman–Crippen LogP) is 4.22. The quantitative estimate of drug-likeness (QED) is 0.708. The minimum atomic E-state index is -0.0702. The highest BCUT2D eigenvalue weighted by Gasteiger charge is 2.10. The Labute approximate surface area is 157 Å². The van der Waals surface area contributed by atoms with Crippen LogP contribution in [0.1, 0.15) is 27.5 Å². The van der Waals surface area contributed by atoms with Crippen molar-refractivity contribution in [2.45, 2.75) is 33.8 Å². The molecule has 0 radical (unpaired) electrons. The van der Waals surface area contributed by atoms with Gasteiger partial charge in [-0.15, -0.1) is 11.3 Å². The molecule has 134 valence electrons. The number of benzene rings is 1. The molecule has 0 unspecified atom stereocenters. The zero-order chi connectivity index (χ0) is 18.5. The third-order valence-corrected chi connectivity index (χ3v) is 4.73. The summed E-state index contributed by atoms with van der Waals surface area (Å²) in [6, 6.07) is 9.79. The van der Waals surface area contributed by atoms with Crippen LogP contribution < -0.4 is 10.1 Å². The van der Waals surface area contributed by atoms with Crippen molar-refractivity contribution in [3.05, 3.63) is 69.4 Å². The third kappa shape index (κ3) is 4.89. The van der Waals surface area contributed by atoms with E-state index < -0.39 is 0 Å². The van der Waals surface area contributed by atoms with E-state index in [2.05, 4.69) is 15.3 Å². The number of carbonyl (C=O) groups is 1. The summed E-state index contributed by atoms with van der Waals surface area (Å²) < 4.78 is 5.67. The first-order chi connectivity index (χ1) is 12.5. The van der Waals surface area contributed by atoms with Crippen LogP contribution in [0, 0.1) is 20.8 Å². The summed E-state index contributed by atoms with van der Waals surface area (Å²) in [7, 11) is 0. The van der Waals surface area contributed by atoms with Crippen LogP contribution in [0.15, 0.2) is 41.9 Å². The van der Waals surface area contributed by atoms with E-state index in [9.17, 15) is 4.79 Å². The lowest BCUT2D eigenvalue weighted by Gasteiger charge is -2.08. The highest BCUT2D eigenvalue weighted by atomic mass is 32.1. The molecule has 0 aliphatic rings. The van der Waals surface area contributed by atoms with Gasteiger partial charge in [-0.3, -0.25) is 9.78 Å². The largest absolute Gasteiger partial charge is 0.485 e. The molecule has 0 saturated heterocycles. The Hall–Kier alpha value is -2.73. The average molecular weight is 367 g/mol. The first-order valence-corrected chi connectivity index (χ1v) is 9.23. The van der Waals surface area contributed by atoms with Gasteiger partial charge in [-0.2, -0.15) is 0 Å². The molecule has 3 rings (SSSR count). The molecule has 0 fully saturated rings. The summed E-state index contributed by atoms with van der Waals surface area (Å²) in [5.41, 5.74) is 4.70. The Balaban J connectivity index is 1.55. The highest BCUT2D eigenvalue weighted by molar-refractivity contribution is 7.09. The first-order valence-electron chi connectivity index (χ1n) is 8.35. The Morgan fingerprint density at radius 1 is 1.19 bits per heavy atom. The van der Waals surface area contributed by atoms with E-state index in [1.807, 2.05) is 56.5 Å². The molecule has 26 heavy (non-hydrogen) atoms. The first kappa shape index (κ1) is 18.1. The van der Waals surface area contributed by atoms with Crippen molar-refractivity contribution in [1.29, 1.82) is 0 Å². The lowest BCUT2D eigenvalue weighted by atomic mass is 10.1. The molecule has 3 aromatic rings. The van der Waals surface area contributed by atoms with Gasteiger partial charge in [0.05, 0.1) is 18.3 Å². The molecule has 0 spiro atoms. The lowest BCUT2D eigenvalue weighted by Crippen LogP contribution is -2.15. The number of hydrogen-bond donors (Lipinski definition) is 1. The standard InChI is InChI=1S/C20H21N3O2S/c1-13-4-5-14(2)18(8-13)23-19(24)9-16-12-26-20(22-16)11-25-17-7-6-15(3)21-10-17/h4-8,10,12H,9,11H2,1-3H3,(H,23,24).